The third kappa shape index (κ3) is 2.23. The SMILES string of the molecule is CCNc1cn2ccnc2c(N2CCOCC2C)n1. The standard InChI is InChI=1S/C13H19N5O/c1-3-14-11-8-17-5-4-15-12(17)13(16-11)18-6-7-19-9-10(18)2/h4-5,8,10,14H,3,6-7,9H2,1-2H3. The summed E-state index contributed by atoms with van der Waals surface area (Å²) in [5.74, 6) is 1.81. The van der Waals surface area contributed by atoms with Crippen molar-refractivity contribution in [3.8, 4) is 0 Å². The lowest BCUT2D eigenvalue weighted by Gasteiger charge is -2.34. The largest absolute Gasteiger partial charge is 0.377 e. The molecular formula is C13H19N5O. The Hall–Kier alpha value is -1.82. The maximum absolute atomic E-state index is 5.49. The van der Waals surface area contributed by atoms with Crippen molar-refractivity contribution in [3.63, 3.8) is 0 Å². The van der Waals surface area contributed by atoms with Crippen molar-refractivity contribution in [1.29, 1.82) is 0 Å². The Morgan fingerprint density at radius 1 is 1.53 bits per heavy atom. The van der Waals surface area contributed by atoms with E-state index in [1.165, 1.54) is 0 Å². The van der Waals surface area contributed by atoms with Gasteiger partial charge in [-0.2, -0.15) is 0 Å². The van der Waals surface area contributed by atoms with Gasteiger partial charge < -0.3 is 19.4 Å². The fraction of sp³-hybridized carbons (Fsp3) is 0.538. The minimum Gasteiger partial charge on any atom is -0.377 e. The monoisotopic (exact) mass is 261 g/mol. The van der Waals surface area contributed by atoms with Gasteiger partial charge >= 0.3 is 0 Å². The number of nitrogens with one attached hydrogen (secondary N) is 1. The van der Waals surface area contributed by atoms with Crippen LogP contribution in [0.25, 0.3) is 5.65 Å². The van der Waals surface area contributed by atoms with E-state index in [4.69, 9.17) is 9.72 Å². The van der Waals surface area contributed by atoms with E-state index in [9.17, 15) is 0 Å². The van der Waals surface area contributed by atoms with Crippen LogP contribution in [0.1, 0.15) is 13.8 Å². The molecular weight excluding hydrogens is 242 g/mol. The molecule has 0 bridgehead atoms. The first-order valence-corrected chi connectivity index (χ1v) is 6.71. The van der Waals surface area contributed by atoms with E-state index in [1.807, 2.05) is 16.8 Å². The van der Waals surface area contributed by atoms with Crippen LogP contribution in [0, 0.1) is 0 Å². The van der Waals surface area contributed by atoms with Gasteiger partial charge in [-0.1, -0.05) is 0 Å². The van der Waals surface area contributed by atoms with Crippen LogP contribution < -0.4 is 10.2 Å². The van der Waals surface area contributed by atoms with Crippen molar-refractivity contribution in [3.05, 3.63) is 18.6 Å². The number of anilines is 2. The molecule has 0 radical (unpaired) electrons. The maximum Gasteiger partial charge on any atom is 0.180 e. The van der Waals surface area contributed by atoms with Crippen LogP contribution in [0.2, 0.25) is 0 Å². The second-order valence-corrected chi connectivity index (χ2v) is 4.76. The summed E-state index contributed by atoms with van der Waals surface area (Å²) in [6, 6.07) is 0.318. The van der Waals surface area contributed by atoms with Crippen LogP contribution in [0.3, 0.4) is 0 Å². The number of rotatable bonds is 3. The number of hydrogen-bond acceptors (Lipinski definition) is 5. The zero-order chi connectivity index (χ0) is 13.2. The Kier molecular flexibility index (Phi) is 3.25. The molecule has 1 aliphatic heterocycles. The molecule has 102 valence electrons. The van der Waals surface area contributed by atoms with Crippen LogP contribution in [0.4, 0.5) is 11.6 Å². The van der Waals surface area contributed by atoms with Gasteiger partial charge in [0, 0.05) is 25.5 Å². The van der Waals surface area contributed by atoms with Gasteiger partial charge in [-0.05, 0) is 13.8 Å². The molecule has 1 N–H and O–H groups in total. The molecule has 0 amide bonds. The van der Waals surface area contributed by atoms with Crippen LogP contribution in [-0.4, -0.2) is 46.7 Å². The van der Waals surface area contributed by atoms with Crippen LogP contribution in [-0.2, 0) is 4.74 Å². The molecule has 3 rings (SSSR count). The van der Waals surface area contributed by atoms with E-state index in [0.29, 0.717) is 6.04 Å². The Labute approximate surface area is 112 Å². The quantitative estimate of drug-likeness (QED) is 0.904. The second kappa shape index (κ2) is 5.05. The summed E-state index contributed by atoms with van der Waals surface area (Å²) in [5, 5.41) is 3.27. The topological polar surface area (TPSA) is 54.7 Å². The van der Waals surface area contributed by atoms with Crippen LogP contribution in [0.5, 0.6) is 0 Å². The zero-order valence-corrected chi connectivity index (χ0v) is 11.3. The number of hydrogen-bond donors (Lipinski definition) is 1. The molecule has 6 nitrogen and oxygen atoms in total. The number of aromatic nitrogens is 3. The predicted octanol–water partition coefficient (Wildman–Crippen LogP) is 1.39. The number of fused-ring (bicyclic) bond motifs is 1. The number of imidazole rings is 1. The van der Waals surface area contributed by atoms with E-state index >= 15 is 0 Å². The number of morpholine rings is 1. The summed E-state index contributed by atoms with van der Waals surface area (Å²) >= 11 is 0. The smallest absolute Gasteiger partial charge is 0.180 e. The Morgan fingerprint density at radius 2 is 2.42 bits per heavy atom. The molecule has 0 aliphatic carbocycles. The average molecular weight is 261 g/mol. The summed E-state index contributed by atoms with van der Waals surface area (Å²) in [5.41, 5.74) is 0.899. The van der Waals surface area contributed by atoms with Gasteiger partial charge in [0.2, 0.25) is 0 Å². The molecule has 2 aromatic rings. The van der Waals surface area contributed by atoms with E-state index in [-0.39, 0.29) is 0 Å². The van der Waals surface area contributed by atoms with Gasteiger partial charge in [-0.25, -0.2) is 9.97 Å². The Morgan fingerprint density at radius 3 is 3.21 bits per heavy atom. The van der Waals surface area contributed by atoms with Crippen molar-refractivity contribution in [2.75, 3.05) is 36.5 Å². The van der Waals surface area contributed by atoms with Crippen LogP contribution in [0.15, 0.2) is 18.6 Å². The van der Waals surface area contributed by atoms with E-state index in [2.05, 4.69) is 29.0 Å². The van der Waals surface area contributed by atoms with Gasteiger partial charge in [0.15, 0.2) is 11.5 Å². The lowest BCUT2D eigenvalue weighted by atomic mass is 10.2. The van der Waals surface area contributed by atoms with Gasteiger partial charge in [0.05, 0.1) is 25.5 Å². The number of ether oxygens (including phenoxy) is 1. The zero-order valence-electron chi connectivity index (χ0n) is 11.3. The highest BCUT2D eigenvalue weighted by Gasteiger charge is 2.23. The predicted molar refractivity (Wildman–Crippen MR) is 74.8 cm³/mol. The minimum atomic E-state index is 0.318. The van der Waals surface area contributed by atoms with E-state index < -0.39 is 0 Å². The normalized spacial score (nSPS) is 19.9. The molecule has 1 aliphatic rings. The summed E-state index contributed by atoms with van der Waals surface area (Å²) in [6.45, 7) is 7.40. The first-order valence-electron chi connectivity index (χ1n) is 6.71. The van der Waals surface area contributed by atoms with Gasteiger partial charge in [0.1, 0.15) is 5.82 Å². The highest BCUT2D eigenvalue weighted by Crippen LogP contribution is 2.24. The Balaban J connectivity index is 2.06. The van der Waals surface area contributed by atoms with Crippen molar-refractivity contribution < 1.29 is 4.74 Å². The molecule has 0 saturated carbocycles. The van der Waals surface area contributed by atoms with Crippen molar-refractivity contribution in [1.82, 2.24) is 14.4 Å². The van der Waals surface area contributed by atoms with Gasteiger partial charge in [0.25, 0.3) is 0 Å². The highest BCUT2D eigenvalue weighted by molar-refractivity contribution is 5.67. The fourth-order valence-electron chi connectivity index (χ4n) is 2.42. The molecule has 0 aromatic carbocycles. The second-order valence-electron chi connectivity index (χ2n) is 4.76. The molecule has 1 fully saturated rings. The lowest BCUT2D eigenvalue weighted by molar-refractivity contribution is 0.0986. The maximum atomic E-state index is 5.49. The average Bonchev–Trinajstić information content (AvgIpc) is 2.87. The van der Waals surface area contributed by atoms with Crippen molar-refractivity contribution in [2.24, 2.45) is 0 Å². The molecule has 1 saturated heterocycles. The van der Waals surface area contributed by atoms with Crippen molar-refractivity contribution in [2.45, 2.75) is 19.9 Å². The fourth-order valence-corrected chi connectivity index (χ4v) is 2.42. The Bertz CT molecular complexity index is 567. The molecule has 2 aromatic heterocycles. The first kappa shape index (κ1) is 12.2. The molecule has 1 atom stereocenters. The molecule has 19 heavy (non-hydrogen) atoms. The highest BCUT2D eigenvalue weighted by atomic mass is 16.5. The third-order valence-electron chi connectivity index (χ3n) is 3.35. The third-order valence-corrected chi connectivity index (χ3v) is 3.35. The first-order chi connectivity index (χ1) is 9.29. The van der Waals surface area contributed by atoms with Crippen LogP contribution >= 0.6 is 0 Å². The van der Waals surface area contributed by atoms with Gasteiger partial charge in [-0.3, -0.25) is 0 Å². The van der Waals surface area contributed by atoms with Gasteiger partial charge in [-0.15, -0.1) is 0 Å². The summed E-state index contributed by atoms with van der Waals surface area (Å²) in [6.07, 6.45) is 5.73. The lowest BCUT2D eigenvalue weighted by Crippen LogP contribution is -2.44. The summed E-state index contributed by atoms with van der Waals surface area (Å²) in [4.78, 5) is 11.4. The molecule has 6 heteroatoms. The minimum absolute atomic E-state index is 0.318. The van der Waals surface area contributed by atoms with Crippen molar-refractivity contribution >= 4 is 17.3 Å². The molecule has 1 unspecified atom stereocenters. The van der Waals surface area contributed by atoms with E-state index in [0.717, 1.165) is 43.6 Å². The summed E-state index contributed by atoms with van der Waals surface area (Å²) in [7, 11) is 0. The summed E-state index contributed by atoms with van der Waals surface area (Å²) < 4.78 is 7.51. The molecule has 0 spiro atoms. The number of nitrogens with zero attached hydrogens (tertiary/aromatic N) is 4. The molecule has 3 heterocycles. The van der Waals surface area contributed by atoms with E-state index in [1.54, 1.807) is 6.20 Å².